The van der Waals surface area contributed by atoms with Gasteiger partial charge in [-0.3, -0.25) is 9.59 Å². The van der Waals surface area contributed by atoms with E-state index in [-0.39, 0.29) is 40.7 Å². The van der Waals surface area contributed by atoms with Gasteiger partial charge >= 0.3 is 11.9 Å². The fraction of sp³-hybridized carbons (Fsp3) is 0.826. The molecule has 0 bridgehead atoms. The van der Waals surface area contributed by atoms with Crippen molar-refractivity contribution in [3.05, 3.63) is 11.6 Å². The third kappa shape index (κ3) is 3.23. The topological polar surface area (TPSA) is 93.1 Å². The van der Waals surface area contributed by atoms with Crippen LogP contribution in [0, 0.1) is 28.6 Å². The van der Waals surface area contributed by atoms with Gasteiger partial charge in [0, 0.05) is 25.7 Å². The van der Waals surface area contributed by atoms with Gasteiger partial charge in [-0.25, -0.2) is 0 Å². The zero-order chi connectivity index (χ0) is 21.1. The summed E-state index contributed by atoms with van der Waals surface area (Å²) in [5, 5.41) is 22.1. The summed E-state index contributed by atoms with van der Waals surface area (Å²) in [5.74, 6) is -0.148. The summed E-state index contributed by atoms with van der Waals surface area (Å²) in [6, 6.07) is 0. The van der Waals surface area contributed by atoms with Crippen LogP contribution in [-0.4, -0.2) is 46.6 Å². The molecule has 0 aromatic rings. The molecule has 9 atom stereocenters. The molecule has 0 amide bonds. The van der Waals surface area contributed by atoms with Crippen LogP contribution in [0.4, 0.5) is 0 Å². The minimum Gasteiger partial charge on any atom is -0.462 e. The molecular weight excluding hydrogens is 372 g/mol. The Morgan fingerprint density at radius 1 is 1.03 bits per heavy atom. The number of aliphatic hydroxyl groups excluding tert-OH is 2. The van der Waals surface area contributed by atoms with Crippen LogP contribution in [0.2, 0.25) is 0 Å². The lowest BCUT2D eigenvalue weighted by Gasteiger charge is -2.58. The highest BCUT2D eigenvalue weighted by atomic mass is 16.6. The number of carbonyl (C=O) groups excluding carboxylic acids is 2. The van der Waals surface area contributed by atoms with Gasteiger partial charge in [0.25, 0.3) is 0 Å². The number of aliphatic hydroxyl groups is 2. The number of fused-ring (bicyclic) bond motifs is 5. The Morgan fingerprint density at radius 2 is 1.72 bits per heavy atom. The van der Waals surface area contributed by atoms with Crippen LogP contribution < -0.4 is 0 Å². The fourth-order valence-corrected chi connectivity index (χ4v) is 7.24. The standard InChI is InChI=1S/C23H34O6/c1-12(24)28-15-5-7-22(3)14(9-15)10-18(26)20-16(22)6-8-23(4)17(20)11-19(21(23)27)29-13(2)25/h10,15-21,26-27H,5-9,11H2,1-4H3/t15?,16-,17+,18?,19?,20-,21?,22+,23+/m1/s1. The average molecular weight is 407 g/mol. The molecule has 6 nitrogen and oxygen atoms in total. The zero-order valence-electron chi connectivity index (χ0n) is 17.9. The highest BCUT2D eigenvalue weighted by Gasteiger charge is 2.63. The van der Waals surface area contributed by atoms with E-state index in [1.807, 2.05) is 6.08 Å². The van der Waals surface area contributed by atoms with Crippen molar-refractivity contribution in [2.75, 3.05) is 0 Å². The Morgan fingerprint density at radius 3 is 2.38 bits per heavy atom. The molecule has 0 aromatic heterocycles. The molecular formula is C23H34O6. The molecule has 3 fully saturated rings. The molecule has 6 heteroatoms. The first-order valence-electron chi connectivity index (χ1n) is 11.0. The highest BCUT2D eigenvalue weighted by Crippen LogP contribution is 2.65. The molecule has 4 aliphatic rings. The molecule has 0 aromatic carbocycles. The molecule has 4 unspecified atom stereocenters. The van der Waals surface area contributed by atoms with E-state index in [1.54, 1.807) is 0 Å². The number of rotatable bonds is 2. The first kappa shape index (κ1) is 20.9. The van der Waals surface area contributed by atoms with E-state index >= 15 is 0 Å². The van der Waals surface area contributed by atoms with Crippen LogP contribution in [0.3, 0.4) is 0 Å². The Labute approximate surface area is 172 Å². The minimum absolute atomic E-state index is 0.0215. The number of esters is 2. The Kier molecular flexibility index (Phi) is 5.10. The quantitative estimate of drug-likeness (QED) is 0.541. The first-order valence-corrected chi connectivity index (χ1v) is 11.0. The van der Waals surface area contributed by atoms with Crippen molar-refractivity contribution < 1.29 is 29.3 Å². The fourth-order valence-electron chi connectivity index (χ4n) is 7.24. The number of hydrogen-bond donors (Lipinski definition) is 2. The Hall–Kier alpha value is -1.40. The van der Waals surface area contributed by atoms with Crippen LogP contribution in [0.5, 0.6) is 0 Å². The molecule has 0 radical (unpaired) electrons. The predicted molar refractivity (Wildman–Crippen MR) is 106 cm³/mol. The predicted octanol–water partition coefficient (Wildman–Crippen LogP) is 2.75. The summed E-state index contributed by atoms with van der Waals surface area (Å²) in [6.45, 7) is 7.21. The van der Waals surface area contributed by atoms with Gasteiger partial charge in [-0.15, -0.1) is 0 Å². The summed E-state index contributed by atoms with van der Waals surface area (Å²) in [5.41, 5.74) is 0.841. The van der Waals surface area contributed by atoms with Crippen molar-refractivity contribution >= 4 is 11.9 Å². The lowest BCUT2D eigenvalue weighted by Crippen LogP contribution is -2.55. The Balaban J connectivity index is 1.63. The van der Waals surface area contributed by atoms with Crippen molar-refractivity contribution in [3.63, 3.8) is 0 Å². The average Bonchev–Trinajstić information content (AvgIpc) is 2.87. The highest BCUT2D eigenvalue weighted by molar-refractivity contribution is 5.66. The van der Waals surface area contributed by atoms with Crippen LogP contribution in [-0.2, 0) is 19.1 Å². The van der Waals surface area contributed by atoms with Crippen LogP contribution in [0.15, 0.2) is 11.6 Å². The third-order valence-electron chi connectivity index (χ3n) is 8.69. The number of ether oxygens (including phenoxy) is 2. The smallest absolute Gasteiger partial charge is 0.302 e. The van der Waals surface area contributed by atoms with Gasteiger partial charge in [-0.2, -0.15) is 0 Å². The second kappa shape index (κ2) is 7.09. The number of hydrogen-bond acceptors (Lipinski definition) is 6. The van der Waals surface area contributed by atoms with Crippen LogP contribution >= 0.6 is 0 Å². The van der Waals surface area contributed by atoms with Gasteiger partial charge in [0.15, 0.2) is 0 Å². The normalized spacial score (nSPS) is 48.6. The largest absolute Gasteiger partial charge is 0.462 e. The maximum absolute atomic E-state index is 11.5. The molecule has 0 heterocycles. The second-order valence-electron chi connectivity index (χ2n) is 10.2. The molecule has 162 valence electrons. The molecule has 0 aliphatic heterocycles. The molecule has 4 rings (SSSR count). The maximum atomic E-state index is 11.5. The molecule has 3 saturated carbocycles. The van der Waals surface area contributed by atoms with Crippen LogP contribution in [0.1, 0.15) is 66.2 Å². The lowest BCUT2D eigenvalue weighted by molar-refractivity contribution is -0.155. The Bertz CT molecular complexity index is 731. The lowest BCUT2D eigenvalue weighted by atomic mass is 9.47. The molecule has 4 aliphatic carbocycles. The molecule has 0 saturated heterocycles. The third-order valence-corrected chi connectivity index (χ3v) is 8.69. The molecule has 2 N–H and O–H groups in total. The summed E-state index contributed by atoms with van der Waals surface area (Å²) in [4.78, 5) is 22.9. The van der Waals surface area contributed by atoms with E-state index in [4.69, 9.17) is 9.47 Å². The van der Waals surface area contributed by atoms with Gasteiger partial charge in [-0.05, 0) is 55.3 Å². The van der Waals surface area contributed by atoms with Crippen LogP contribution in [0.25, 0.3) is 0 Å². The summed E-state index contributed by atoms with van der Waals surface area (Å²) < 4.78 is 10.9. The van der Waals surface area contributed by atoms with Crippen molar-refractivity contribution in [2.45, 2.75) is 90.6 Å². The van der Waals surface area contributed by atoms with E-state index in [2.05, 4.69) is 13.8 Å². The number of carbonyl (C=O) groups is 2. The van der Waals surface area contributed by atoms with Crippen molar-refractivity contribution in [1.82, 2.24) is 0 Å². The van der Waals surface area contributed by atoms with Gasteiger partial charge in [0.2, 0.25) is 0 Å². The second-order valence-corrected chi connectivity index (χ2v) is 10.2. The molecule has 0 spiro atoms. The van der Waals surface area contributed by atoms with E-state index < -0.39 is 18.3 Å². The monoisotopic (exact) mass is 406 g/mol. The first-order chi connectivity index (χ1) is 13.6. The van der Waals surface area contributed by atoms with Gasteiger partial charge in [0.05, 0.1) is 12.2 Å². The van der Waals surface area contributed by atoms with Gasteiger partial charge in [-0.1, -0.05) is 25.5 Å². The maximum Gasteiger partial charge on any atom is 0.302 e. The minimum atomic E-state index is -0.692. The van der Waals surface area contributed by atoms with E-state index in [9.17, 15) is 19.8 Å². The van der Waals surface area contributed by atoms with E-state index in [0.29, 0.717) is 18.8 Å². The summed E-state index contributed by atoms with van der Waals surface area (Å²) in [7, 11) is 0. The summed E-state index contributed by atoms with van der Waals surface area (Å²) in [6.07, 6.45) is 4.98. The van der Waals surface area contributed by atoms with Crippen molar-refractivity contribution in [3.8, 4) is 0 Å². The van der Waals surface area contributed by atoms with Crippen molar-refractivity contribution in [2.24, 2.45) is 28.6 Å². The summed E-state index contributed by atoms with van der Waals surface area (Å²) >= 11 is 0. The van der Waals surface area contributed by atoms with Gasteiger partial charge in [0.1, 0.15) is 12.2 Å². The van der Waals surface area contributed by atoms with Crippen molar-refractivity contribution in [1.29, 1.82) is 0 Å². The van der Waals surface area contributed by atoms with Gasteiger partial charge < -0.3 is 19.7 Å². The van der Waals surface area contributed by atoms with E-state index in [1.165, 1.54) is 19.4 Å². The zero-order valence-corrected chi connectivity index (χ0v) is 17.9. The molecule has 29 heavy (non-hydrogen) atoms. The SMILES string of the molecule is CC(=O)OC1CC[C@@]2(C)C(=CC(O)[C@@H]3[C@H]2CC[C@]2(C)C(O)C(OC(C)=O)C[C@@H]32)C1. The van der Waals surface area contributed by atoms with E-state index in [0.717, 1.165) is 25.7 Å².